The maximum absolute atomic E-state index is 11.8. The number of hydrogen-bond donors (Lipinski definition) is 2. The second-order valence-electron chi connectivity index (χ2n) is 3.47. The molecule has 2 N–H and O–H groups in total. The number of aliphatic hydroxyl groups is 1. The second kappa shape index (κ2) is 6.40. The maximum atomic E-state index is 11.8. The first-order valence-corrected chi connectivity index (χ1v) is 6.67. The van der Waals surface area contributed by atoms with Gasteiger partial charge >= 0.3 is 0 Å². The van der Waals surface area contributed by atoms with Gasteiger partial charge < -0.3 is 5.11 Å². The number of benzene rings is 1. The fourth-order valence-electron chi connectivity index (χ4n) is 1.19. The van der Waals surface area contributed by atoms with Gasteiger partial charge in [0.25, 0.3) is 0 Å². The summed E-state index contributed by atoms with van der Waals surface area (Å²) >= 11 is 0. The monoisotopic (exact) mass is 253 g/mol. The summed E-state index contributed by atoms with van der Waals surface area (Å²) in [6, 6.07) is 6.63. The molecule has 0 spiro atoms. The third-order valence-corrected chi connectivity index (χ3v) is 3.55. The van der Waals surface area contributed by atoms with Crippen LogP contribution in [0.1, 0.15) is 12.0 Å². The van der Waals surface area contributed by atoms with Gasteiger partial charge in [-0.15, -0.1) is 0 Å². The molecule has 0 aliphatic carbocycles. The topological polar surface area (TPSA) is 66.4 Å². The summed E-state index contributed by atoms with van der Waals surface area (Å²) in [7, 11) is -3.44. The minimum absolute atomic E-state index is 0.204. The zero-order valence-electron chi connectivity index (χ0n) is 9.60. The lowest BCUT2D eigenvalue weighted by Gasteiger charge is -2.05. The van der Waals surface area contributed by atoms with Crippen molar-refractivity contribution in [3.05, 3.63) is 29.8 Å². The van der Waals surface area contributed by atoms with Crippen molar-refractivity contribution >= 4 is 10.0 Å². The van der Waals surface area contributed by atoms with Crippen molar-refractivity contribution in [3.8, 4) is 11.8 Å². The third-order valence-electron chi connectivity index (χ3n) is 2.08. The molecule has 0 fully saturated rings. The number of rotatable bonds is 4. The van der Waals surface area contributed by atoms with Crippen LogP contribution in [0, 0.1) is 18.8 Å². The average molecular weight is 253 g/mol. The molecule has 1 aromatic rings. The molecule has 4 nitrogen and oxygen atoms in total. The third kappa shape index (κ3) is 4.57. The van der Waals surface area contributed by atoms with E-state index in [9.17, 15) is 8.42 Å². The number of nitrogens with one attached hydrogen (secondary N) is 1. The first-order valence-electron chi connectivity index (χ1n) is 5.19. The van der Waals surface area contributed by atoms with Gasteiger partial charge in [-0.05, 0) is 19.1 Å². The molecule has 92 valence electrons. The van der Waals surface area contributed by atoms with Gasteiger partial charge in [-0.25, -0.2) is 13.1 Å². The normalized spacial score (nSPS) is 10.7. The summed E-state index contributed by atoms with van der Waals surface area (Å²) in [6.45, 7) is 1.93. The Kier molecular flexibility index (Phi) is 5.16. The fraction of sp³-hybridized carbons (Fsp3) is 0.333. The van der Waals surface area contributed by atoms with Crippen LogP contribution >= 0.6 is 0 Å². The molecule has 0 amide bonds. The first kappa shape index (κ1) is 13.7. The lowest BCUT2D eigenvalue weighted by molar-refractivity contribution is 0.350. The molecule has 1 rings (SSSR count). The van der Waals surface area contributed by atoms with E-state index in [1.165, 1.54) is 0 Å². The molecule has 0 aliphatic rings. The predicted octanol–water partition coefficient (Wildman–Crippen LogP) is 0.659. The number of sulfonamides is 1. The minimum Gasteiger partial charge on any atom is -0.384 e. The minimum atomic E-state index is -3.44. The van der Waals surface area contributed by atoms with Crippen molar-refractivity contribution < 1.29 is 13.5 Å². The van der Waals surface area contributed by atoms with Crippen molar-refractivity contribution in [2.24, 2.45) is 0 Å². The van der Waals surface area contributed by atoms with E-state index in [0.29, 0.717) is 6.42 Å². The van der Waals surface area contributed by atoms with Crippen LogP contribution in [0.2, 0.25) is 0 Å². The maximum Gasteiger partial charge on any atom is 0.240 e. The van der Waals surface area contributed by atoms with E-state index >= 15 is 0 Å². The van der Waals surface area contributed by atoms with E-state index in [2.05, 4.69) is 16.6 Å². The highest BCUT2D eigenvalue weighted by atomic mass is 32.2. The van der Waals surface area contributed by atoms with Gasteiger partial charge in [0.2, 0.25) is 10.0 Å². The highest BCUT2D eigenvalue weighted by Crippen LogP contribution is 2.09. The molecule has 0 aromatic heterocycles. The average Bonchev–Trinajstić information content (AvgIpc) is 2.29. The van der Waals surface area contributed by atoms with Crippen LogP contribution in [0.15, 0.2) is 29.2 Å². The lowest BCUT2D eigenvalue weighted by atomic mass is 10.2. The molecular formula is C12H15NO3S. The summed E-state index contributed by atoms with van der Waals surface area (Å²) in [5.41, 5.74) is 1.01. The smallest absolute Gasteiger partial charge is 0.240 e. The van der Waals surface area contributed by atoms with Crippen LogP contribution in [0.3, 0.4) is 0 Å². The standard InChI is InChI=1S/C12H15NO3S/c1-11-5-7-12(8-6-11)17(15,16)13-9-3-2-4-10-14/h5-8,13-14H,3,9-10H2,1H3. The summed E-state index contributed by atoms with van der Waals surface area (Å²) in [5, 5.41) is 8.42. The van der Waals surface area contributed by atoms with Crippen LogP contribution in [0.4, 0.5) is 0 Å². The predicted molar refractivity (Wildman–Crippen MR) is 65.8 cm³/mol. The molecule has 0 atom stereocenters. The largest absolute Gasteiger partial charge is 0.384 e. The zero-order valence-corrected chi connectivity index (χ0v) is 10.4. The number of aliphatic hydroxyl groups excluding tert-OH is 1. The molecule has 0 unspecified atom stereocenters. The fourth-order valence-corrected chi connectivity index (χ4v) is 2.22. The Hall–Kier alpha value is -1.35. The van der Waals surface area contributed by atoms with Crippen molar-refractivity contribution in [2.45, 2.75) is 18.2 Å². The van der Waals surface area contributed by atoms with Gasteiger partial charge in [-0.3, -0.25) is 0 Å². The molecule has 0 bridgehead atoms. The van der Waals surface area contributed by atoms with Gasteiger partial charge in [0.15, 0.2) is 0 Å². The van der Waals surface area contributed by atoms with Crippen molar-refractivity contribution in [2.75, 3.05) is 13.2 Å². The van der Waals surface area contributed by atoms with Gasteiger partial charge in [-0.2, -0.15) is 0 Å². The summed E-state index contributed by atoms with van der Waals surface area (Å²) in [4.78, 5) is 0.248. The molecule has 0 radical (unpaired) electrons. The SMILES string of the molecule is Cc1ccc(S(=O)(=O)NCCC#CCO)cc1. The summed E-state index contributed by atoms with van der Waals surface area (Å²) < 4.78 is 26.0. The van der Waals surface area contributed by atoms with Crippen molar-refractivity contribution in [1.29, 1.82) is 0 Å². The molecule has 0 saturated heterocycles. The quantitative estimate of drug-likeness (QED) is 0.612. The van der Waals surface area contributed by atoms with Crippen molar-refractivity contribution in [1.82, 2.24) is 4.72 Å². The van der Waals surface area contributed by atoms with Gasteiger partial charge in [-0.1, -0.05) is 29.5 Å². The molecule has 0 heterocycles. The van der Waals surface area contributed by atoms with E-state index in [-0.39, 0.29) is 18.0 Å². The van der Waals surface area contributed by atoms with Gasteiger partial charge in [0.05, 0.1) is 4.90 Å². The van der Waals surface area contributed by atoms with Crippen LogP contribution in [-0.2, 0) is 10.0 Å². The van der Waals surface area contributed by atoms with Gasteiger partial charge in [0, 0.05) is 13.0 Å². The zero-order chi connectivity index (χ0) is 12.7. The second-order valence-corrected chi connectivity index (χ2v) is 5.24. The van der Waals surface area contributed by atoms with Crippen LogP contribution in [0.5, 0.6) is 0 Å². The van der Waals surface area contributed by atoms with Crippen LogP contribution in [-0.4, -0.2) is 26.7 Å². The van der Waals surface area contributed by atoms with E-state index in [1.807, 2.05) is 6.92 Å². The molecule has 0 aliphatic heterocycles. The Balaban J connectivity index is 2.60. The number of aryl methyl sites for hydroxylation is 1. The first-order chi connectivity index (χ1) is 8.06. The molecule has 17 heavy (non-hydrogen) atoms. The Bertz CT molecular complexity index is 509. The van der Waals surface area contributed by atoms with E-state index in [0.717, 1.165) is 5.56 Å². The summed E-state index contributed by atoms with van der Waals surface area (Å²) in [6.07, 6.45) is 0.381. The Morgan fingerprint density at radius 2 is 1.88 bits per heavy atom. The molecule has 1 aromatic carbocycles. The Morgan fingerprint density at radius 1 is 1.24 bits per heavy atom. The van der Waals surface area contributed by atoms with E-state index in [1.54, 1.807) is 24.3 Å². The Morgan fingerprint density at radius 3 is 2.47 bits per heavy atom. The van der Waals surface area contributed by atoms with Gasteiger partial charge in [0.1, 0.15) is 6.61 Å². The number of hydrogen-bond acceptors (Lipinski definition) is 3. The Labute approximate surface area is 102 Å². The van der Waals surface area contributed by atoms with Crippen molar-refractivity contribution in [3.63, 3.8) is 0 Å². The van der Waals surface area contributed by atoms with Crippen LogP contribution in [0.25, 0.3) is 0 Å². The molecule has 0 saturated carbocycles. The highest BCUT2D eigenvalue weighted by Gasteiger charge is 2.11. The highest BCUT2D eigenvalue weighted by molar-refractivity contribution is 7.89. The van der Waals surface area contributed by atoms with Crippen LogP contribution < -0.4 is 4.72 Å². The molecular weight excluding hydrogens is 238 g/mol. The van der Waals surface area contributed by atoms with E-state index in [4.69, 9.17) is 5.11 Å². The summed E-state index contributed by atoms with van der Waals surface area (Å²) in [5.74, 6) is 5.09. The lowest BCUT2D eigenvalue weighted by Crippen LogP contribution is -2.24. The molecule has 5 heteroatoms. The van der Waals surface area contributed by atoms with E-state index < -0.39 is 10.0 Å².